The number of methoxy groups -OCH3 is 1. The summed E-state index contributed by atoms with van der Waals surface area (Å²) in [6, 6.07) is 3.24. The molecule has 0 aliphatic carbocycles. The smallest absolute Gasteiger partial charge is 0.169 e. The van der Waals surface area contributed by atoms with Crippen molar-refractivity contribution in [2.45, 2.75) is 6.42 Å². The molecule has 1 aromatic rings. The molecule has 0 aliphatic rings. The second-order valence-electron chi connectivity index (χ2n) is 2.94. The Kier molecular flexibility index (Phi) is 4.87. The molecule has 1 rings (SSSR count). The van der Waals surface area contributed by atoms with E-state index >= 15 is 0 Å². The molecule has 3 nitrogen and oxygen atoms in total. The van der Waals surface area contributed by atoms with Crippen molar-refractivity contribution < 1.29 is 14.6 Å². The van der Waals surface area contributed by atoms with Crippen LogP contribution in [0.1, 0.15) is 22.3 Å². The molecule has 0 aliphatic heterocycles. The number of benzene rings is 1. The monoisotopic (exact) mass is 282 g/mol. The zero-order chi connectivity index (χ0) is 12.0. The molecule has 1 N–H and O–H groups in total. The highest BCUT2D eigenvalue weighted by atomic mass is 79.9. The van der Waals surface area contributed by atoms with Crippen LogP contribution < -0.4 is 4.74 Å². The molecule has 84 valence electrons. The van der Waals surface area contributed by atoms with Gasteiger partial charge in [-0.25, -0.2) is 0 Å². The maximum Gasteiger partial charge on any atom is 0.169 e. The van der Waals surface area contributed by atoms with E-state index in [2.05, 4.69) is 27.8 Å². The lowest BCUT2D eigenvalue weighted by molar-refractivity contribution is 0.112. The normalized spacial score (nSPS) is 9.12. The van der Waals surface area contributed by atoms with E-state index in [9.17, 15) is 9.90 Å². The third-order valence-corrected chi connectivity index (χ3v) is 2.36. The maximum absolute atomic E-state index is 10.9. The molecular formula is C12H11BrO3. The average Bonchev–Trinajstić information content (AvgIpc) is 2.30. The Labute approximate surface area is 103 Å². The van der Waals surface area contributed by atoms with Crippen LogP contribution in [-0.4, -0.2) is 23.8 Å². The summed E-state index contributed by atoms with van der Waals surface area (Å²) >= 11 is 3.25. The van der Waals surface area contributed by atoms with Crippen LogP contribution in [0, 0.1) is 11.8 Å². The molecule has 0 spiro atoms. The number of carbonyl (C=O) groups excluding carboxylic acids is 1. The van der Waals surface area contributed by atoms with Gasteiger partial charge in [0.25, 0.3) is 0 Å². The Morgan fingerprint density at radius 1 is 1.56 bits per heavy atom. The Morgan fingerprint density at radius 3 is 2.88 bits per heavy atom. The van der Waals surface area contributed by atoms with Crippen LogP contribution in [0.4, 0.5) is 0 Å². The summed E-state index contributed by atoms with van der Waals surface area (Å²) in [6.07, 6.45) is 1.26. The van der Waals surface area contributed by atoms with E-state index < -0.39 is 0 Å². The first kappa shape index (κ1) is 12.6. The lowest BCUT2D eigenvalue weighted by Gasteiger charge is -2.06. The van der Waals surface area contributed by atoms with Gasteiger partial charge in [0, 0.05) is 17.3 Å². The van der Waals surface area contributed by atoms with Crippen molar-refractivity contribution in [1.82, 2.24) is 0 Å². The Hall–Kier alpha value is -1.47. The quantitative estimate of drug-likeness (QED) is 0.526. The molecule has 4 heteroatoms. The van der Waals surface area contributed by atoms with Crippen molar-refractivity contribution in [1.29, 1.82) is 0 Å². The van der Waals surface area contributed by atoms with E-state index in [1.165, 1.54) is 7.11 Å². The van der Waals surface area contributed by atoms with Crippen LogP contribution in [0.5, 0.6) is 11.5 Å². The molecule has 0 atom stereocenters. The second kappa shape index (κ2) is 6.19. The Balaban J connectivity index is 3.17. The number of aromatic hydroxyl groups is 1. The fourth-order valence-corrected chi connectivity index (χ4v) is 1.38. The minimum atomic E-state index is -0.164. The highest BCUT2D eigenvalue weighted by Crippen LogP contribution is 2.30. The van der Waals surface area contributed by atoms with Gasteiger partial charge in [-0.05, 0) is 12.1 Å². The van der Waals surface area contributed by atoms with Gasteiger partial charge in [0.05, 0.1) is 12.7 Å². The minimum Gasteiger partial charge on any atom is -0.504 e. The summed E-state index contributed by atoms with van der Waals surface area (Å²) in [5.74, 6) is 5.82. The fraction of sp³-hybridized carbons (Fsp3) is 0.250. The van der Waals surface area contributed by atoms with Crippen LogP contribution in [0.3, 0.4) is 0 Å². The van der Waals surface area contributed by atoms with Gasteiger partial charge < -0.3 is 9.84 Å². The Morgan fingerprint density at radius 2 is 2.31 bits per heavy atom. The summed E-state index contributed by atoms with van der Waals surface area (Å²) in [4.78, 5) is 10.9. The van der Waals surface area contributed by atoms with E-state index in [0.717, 1.165) is 5.33 Å². The summed E-state index contributed by atoms with van der Waals surface area (Å²) in [6.45, 7) is 0. The SMILES string of the molecule is COc1ccc(C#CCCBr)c(C=O)c1O. The first-order chi connectivity index (χ1) is 7.74. The van der Waals surface area contributed by atoms with Crippen LogP contribution >= 0.6 is 15.9 Å². The summed E-state index contributed by atoms with van der Waals surface area (Å²) in [5, 5.41) is 10.5. The van der Waals surface area contributed by atoms with Gasteiger partial charge in [-0.2, -0.15) is 0 Å². The zero-order valence-corrected chi connectivity index (χ0v) is 10.4. The standard InChI is InChI=1S/C12H11BrO3/c1-16-11-6-5-9(4-2-3-7-13)10(8-14)12(11)15/h5-6,8,15H,3,7H2,1H3. The number of ether oxygens (including phenoxy) is 1. The predicted octanol–water partition coefficient (Wildman–Crippen LogP) is 2.35. The summed E-state index contributed by atoms with van der Waals surface area (Å²) in [5.41, 5.74) is 0.677. The van der Waals surface area contributed by atoms with Crippen molar-refractivity contribution in [3.05, 3.63) is 23.3 Å². The first-order valence-corrected chi connectivity index (χ1v) is 5.76. The predicted molar refractivity (Wildman–Crippen MR) is 65.3 cm³/mol. The van der Waals surface area contributed by atoms with Gasteiger partial charge in [-0.1, -0.05) is 27.8 Å². The van der Waals surface area contributed by atoms with Gasteiger partial charge in [0.15, 0.2) is 17.8 Å². The van der Waals surface area contributed by atoms with Crippen molar-refractivity contribution in [2.24, 2.45) is 0 Å². The molecule has 0 radical (unpaired) electrons. The zero-order valence-electron chi connectivity index (χ0n) is 8.79. The van der Waals surface area contributed by atoms with Gasteiger partial charge in [-0.15, -0.1) is 0 Å². The minimum absolute atomic E-state index is 0.164. The highest BCUT2D eigenvalue weighted by Gasteiger charge is 2.10. The van der Waals surface area contributed by atoms with E-state index in [1.807, 2.05) is 0 Å². The molecule has 0 amide bonds. The average molecular weight is 283 g/mol. The molecular weight excluding hydrogens is 272 g/mol. The Bertz CT molecular complexity index is 444. The van der Waals surface area contributed by atoms with Crippen molar-refractivity contribution in [2.75, 3.05) is 12.4 Å². The van der Waals surface area contributed by atoms with Crippen LogP contribution in [0.25, 0.3) is 0 Å². The molecule has 0 fully saturated rings. The topological polar surface area (TPSA) is 46.5 Å². The molecule has 0 saturated heterocycles. The van der Waals surface area contributed by atoms with Crippen molar-refractivity contribution in [3.63, 3.8) is 0 Å². The van der Waals surface area contributed by atoms with E-state index in [-0.39, 0.29) is 17.1 Å². The molecule has 0 heterocycles. The number of phenols is 1. The largest absolute Gasteiger partial charge is 0.504 e. The number of hydrogen-bond acceptors (Lipinski definition) is 3. The van der Waals surface area contributed by atoms with Crippen LogP contribution in [0.2, 0.25) is 0 Å². The van der Waals surface area contributed by atoms with E-state index in [0.29, 0.717) is 18.3 Å². The maximum atomic E-state index is 10.9. The number of aldehydes is 1. The number of phenolic OH excluding ortho intramolecular Hbond substituents is 1. The van der Waals surface area contributed by atoms with Gasteiger partial charge >= 0.3 is 0 Å². The lowest BCUT2D eigenvalue weighted by atomic mass is 10.1. The van der Waals surface area contributed by atoms with Gasteiger partial charge in [0.2, 0.25) is 0 Å². The van der Waals surface area contributed by atoms with Crippen molar-refractivity contribution in [3.8, 4) is 23.3 Å². The summed E-state index contributed by atoms with van der Waals surface area (Å²) < 4.78 is 4.90. The molecule has 1 aromatic carbocycles. The number of hydrogen-bond donors (Lipinski definition) is 1. The number of alkyl halides is 1. The van der Waals surface area contributed by atoms with Crippen LogP contribution in [-0.2, 0) is 0 Å². The third-order valence-electron chi connectivity index (χ3n) is 1.96. The van der Waals surface area contributed by atoms with E-state index in [4.69, 9.17) is 4.74 Å². The number of halogens is 1. The molecule has 0 saturated carbocycles. The fourth-order valence-electron chi connectivity index (χ4n) is 1.19. The molecule has 0 bridgehead atoms. The van der Waals surface area contributed by atoms with Gasteiger partial charge in [0.1, 0.15) is 0 Å². The number of rotatable bonds is 3. The molecule has 16 heavy (non-hydrogen) atoms. The first-order valence-electron chi connectivity index (χ1n) is 4.64. The van der Waals surface area contributed by atoms with Crippen LogP contribution in [0.15, 0.2) is 12.1 Å². The highest BCUT2D eigenvalue weighted by molar-refractivity contribution is 9.09. The second-order valence-corrected chi connectivity index (χ2v) is 3.73. The van der Waals surface area contributed by atoms with E-state index in [1.54, 1.807) is 12.1 Å². The molecule has 0 aromatic heterocycles. The lowest BCUT2D eigenvalue weighted by Crippen LogP contribution is -1.92. The van der Waals surface area contributed by atoms with Gasteiger partial charge in [-0.3, -0.25) is 4.79 Å². The summed E-state index contributed by atoms with van der Waals surface area (Å²) in [7, 11) is 1.43. The third kappa shape index (κ3) is 2.77. The number of carbonyl (C=O) groups is 1. The molecule has 0 unspecified atom stereocenters. The van der Waals surface area contributed by atoms with Crippen molar-refractivity contribution >= 4 is 22.2 Å².